The molecule has 22 heavy (non-hydrogen) atoms. The fourth-order valence-corrected chi connectivity index (χ4v) is 1.94. The predicted molar refractivity (Wildman–Crippen MR) is 77.3 cm³/mol. The number of hydrogen-bond acceptors (Lipinski definition) is 6. The van der Waals surface area contributed by atoms with Gasteiger partial charge < -0.3 is 5.32 Å². The van der Waals surface area contributed by atoms with E-state index in [0.29, 0.717) is 17.5 Å². The third-order valence-corrected chi connectivity index (χ3v) is 2.80. The summed E-state index contributed by atoms with van der Waals surface area (Å²) >= 11 is 0. The maximum atomic E-state index is 12.1. The molecular weight excluding hydrogens is 284 g/mol. The molecule has 3 aromatic rings. The Labute approximate surface area is 126 Å². The topological polar surface area (TPSA) is 103 Å². The van der Waals surface area contributed by atoms with Gasteiger partial charge in [0.05, 0.1) is 5.69 Å². The van der Waals surface area contributed by atoms with Crippen LogP contribution in [-0.2, 0) is 11.3 Å². The minimum Gasteiger partial charge on any atom is -0.309 e. The first-order valence-corrected chi connectivity index (χ1v) is 6.64. The molecule has 0 unspecified atom stereocenters. The number of aromatic nitrogens is 7. The Kier molecular flexibility index (Phi) is 3.60. The van der Waals surface area contributed by atoms with Gasteiger partial charge in [0.15, 0.2) is 11.6 Å². The average molecular weight is 298 g/mol. The summed E-state index contributed by atoms with van der Waals surface area (Å²) in [7, 11) is 0. The van der Waals surface area contributed by atoms with Crippen LogP contribution in [0.4, 0.5) is 5.82 Å². The summed E-state index contributed by atoms with van der Waals surface area (Å²) in [5.74, 6) is 1.41. The molecule has 0 saturated carbocycles. The van der Waals surface area contributed by atoms with Gasteiger partial charge >= 0.3 is 0 Å². The van der Waals surface area contributed by atoms with Gasteiger partial charge in [-0.2, -0.15) is 14.6 Å². The zero-order valence-corrected chi connectivity index (χ0v) is 12.1. The molecule has 0 bridgehead atoms. The highest BCUT2D eigenvalue weighted by atomic mass is 16.2. The molecule has 0 aliphatic heterocycles. The number of tetrazole rings is 1. The van der Waals surface area contributed by atoms with Crippen molar-refractivity contribution < 1.29 is 4.79 Å². The highest BCUT2D eigenvalue weighted by Gasteiger charge is 2.12. The summed E-state index contributed by atoms with van der Waals surface area (Å²) in [4.78, 5) is 17.5. The van der Waals surface area contributed by atoms with E-state index in [1.807, 2.05) is 25.1 Å². The van der Waals surface area contributed by atoms with Gasteiger partial charge in [-0.05, 0) is 31.2 Å². The second-order valence-corrected chi connectivity index (χ2v) is 4.69. The first-order valence-electron chi connectivity index (χ1n) is 6.64. The van der Waals surface area contributed by atoms with Crippen LogP contribution >= 0.6 is 0 Å². The Morgan fingerprint density at radius 2 is 2.14 bits per heavy atom. The molecule has 3 rings (SSSR count). The van der Waals surface area contributed by atoms with Crippen LogP contribution in [0.15, 0.2) is 30.5 Å². The Bertz CT molecular complexity index is 791. The van der Waals surface area contributed by atoms with Gasteiger partial charge in [0.1, 0.15) is 12.4 Å². The van der Waals surface area contributed by atoms with Gasteiger partial charge in [-0.15, -0.1) is 10.2 Å². The molecule has 3 heterocycles. The molecule has 1 amide bonds. The summed E-state index contributed by atoms with van der Waals surface area (Å²) in [5.41, 5.74) is 0.774. The summed E-state index contributed by atoms with van der Waals surface area (Å²) in [6.45, 7) is 3.53. The van der Waals surface area contributed by atoms with Crippen molar-refractivity contribution >= 4 is 11.7 Å². The first kappa shape index (κ1) is 13.9. The van der Waals surface area contributed by atoms with Gasteiger partial charge in [-0.3, -0.25) is 4.79 Å². The highest BCUT2D eigenvalue weighted by Crippen LogP contribution is 2.15. The van der Waals surface area contributed by atoms with E-state index in [1.54, 1.807) is 23.9 Å². The molecule has 0 fully saturated rings. The van der Waals surface area contributed by atoms with Gasteiger partial charge in [-0.1, -0.05) is 6.07 Å². The molecule has 0 aromatic carbocycles. The van der Waals surface area contributed by atoms with Crippen molar-refractivity contribution in [1.29, 1.82) is 0 Å². The number of aryl methyl sites for hydroxylation is 2. The molecule has 9 nitrogen and oxygen atoms in total. The maximum Gasteiger partial charge on any atom is 0.249 e. The van der Waals surface area contributed by atoms with Crippen LogP contribution in [0.2, 0.25) is 0 Å². The zero-order chi connectivity index (χ0) is 15.5. The van der Waals surface area contributed by atoms with E-state index < -0.39 is 0 Å². The lowest BCUT2D eigenvalue weighted by Crippen LogP contribution is -2.22. The normalized spacial score (nSPS) is 10.6. The molecule has 1 N–H and O–H groups in total. The van der Waals surface area contributed by atoms with Crippen LogP contribution in [0.5, 0.6) is 0 Å². The third kappa shape index (κ3) is 2.97. The summed E-state index contributed by atoms with van der Waals surface area (Å²) in [6, 6.07) is 7.25. The van der Waals surface area contributed by atoms with Gasteiger partial charge in [-0.25, -0.2) is 4.98 Å². The van der Waals surface area contributed by atoms with Crippen LogP contribution in [0, 0.1) is 13.8 Å². The van der Waals surface area contributed by atoms with Gasteiger partial charge in [0.2, 0.25) is 5.91 Å². The van der Waals surface area contributed by atoms with Crippen molar-refractivity contribution in [3.05, 3.63) is 42.0 Å². The monoisotopic (exact) mass is 298 g/mol. The number of nitrogens with one attached hydrogen (secondary N) is 1. The van der Waals surface area contributed by atoms with Gasteiger partial charge in [0, 0.05) is 12.3 Å². The number of carbonyl (C=O) groups excluding carboxylic acids is 1. The molecule has 0 aliphatic rings. The largest absolute Gasteiger partial charge is 0.309 e. The van der Waals surface area contributed by atoms with Crippen LogP contribution < -0.4 is 5.32 Å². The smallest absolute Gasteiger partial charge is 0.249 e. The van der Waals surface area contributed by atoms with E-state index in [9.17, 15) is 4.79 Å². The van der Waals surface area contributed by atoms with E-state index in [2.05, 4.69) is 30.8 Å². The average Bonchev–Trinajstić information content (AvgIpc) is 3.06. The Hall–Kier alpha value is -3.10. The molecule has 0 radical (unpaired) electrons. The maximum absolute atomic E-state index is 12.1. The second kappa shape index (κ2) is 5.72. The molecule has 0 spiro atoms. The minimum atomic E-state index is -0.269. The molecule has 0 atom stereocenters. The van der Waals surface area contributed by atoms with Crippen LogP contribution in [0.1, 0.15) is 11.5 Å². The second-order valence-electron chi connectivity index (χ2n) is 4.69. The zero-order valence-electron chi connectivity index (χ0n) is 12.1. The summed E-state index contributed by atoms with van der Waals surface area (Å²) < 4.78 is 1.58. The van der Waals surface area contributed by atoms with Crippen molar-refractivity contribution in [2.45, 2.75) is 20.4 Å². The fourth-order valence-electron chi connectivity index (χ4n) is 1.94. The van der Waals surface area contributed by atoms with E-state index in [0.717, 1.165) is 5.69 Å². The number of amides is 1. The Morgan fingerprint density at radius 1 is 1.27 bits per heavy atom. The van der Waals surface area contributed by atoms with Crippen molar-refractivity contribution in [3.8, 4) is 5.82 Å². The summed E-state index contributed by atoms with van der Waals surface area (Å²) in [5, 5.41) is 18.6. The number of anilines is 1. The van der Waals surface area contributed by atoms with E-state index in [4.69, 9.17) is 0 Å². The van der Waals surface area contributed by atoms with Crippen molar-refractivity contribution in [2.24, 2.45) is 0 Å². The molecule has 3 aromatic heterocycles. The summed E-state index contributed by atoms with van der Waals surface area (Å²) in [6.07, 6.45) is 1.67. The molecule has 112 valence electrons. The number of pyridine rings is 1. The van der Waals surface area contributed by atoms with Crippen LogP contribution in [0.3, 0.4) is 0 Å². The SMILES string of the molecule is Cc1cc(NC(=O)Cn2nnc(C)n2)n(-c2ccccn2)n1. The lowest BCUT2D eigenvalue weighted by atomic mass is 10.4. The molecular formula is C13H14N8O. The van der Waals surface area contributed by atoms with E-state index in [1.165, 1.54) is 4.80 Å². The standard InChI is InChI=1S/C13H14N8O/c1-9-7-12(21(17-9)11-5-3-4-6-14-11)15-13(22)8-20-18-10(2)16-19-20/h3-7H,8H2,1-2H3,(H,15,22). The fraction of sp³-hybridized carbons (Fsp3) is 0.231. The molecule has 0 aliphatic carbocycles. The highest BCUT2D eigenvalue weighted by molar-refractivity contribution is 5.89. The van der Waals surface area contributed by atoms with Crippen LogP contribution in [-0.4, -0.2) is 40.9 Å². The predicted octanol–water partition coefficient (Wildman–Crippen LogP) is 0.509. The number of hydrogen-bond donors (Lipinski definition) is 1. The molecule has 0 saturated heterocycles. The Balaban J connectivity index is 1.79. The van der Waals surface area contributed by atoms with Crippen molar-refractivity contribution in [1.82, 2.24) is 35.0 Å². The van der Waals surface area contributed by atoms with E-state index in [-0.39, 0.29) is 12.5 Å². The lowest BCUT2D eigenvalue weighted by Gasteiger charge is -2.07. The molecule has 9 heteroatoms. The Morgan fingerprint density at radius 3 is 2.82 bits per heavy atom. The number of nitrogens with zero attached hydrogens (tertiary/aromatic N) is 7. The number of rotatable bonds is 4. The van der Waals surface area contributed by atoms with Gasteiger partial charge in [0.25, 0.3) is 0 Å². The quantitative estimate of drug-likeness (QED) is 0.752. The minimum absolute atomic E-state index is 0.0205. The van der Waals surface area contributed by atoms with Crippen LogP contribution in [0.25, 0.3) is 5.82 Å². The van der Waals surface area contributed by atoms with E-state index >= 15 is 0 Å². The number of carbonyl (C=O) groups is 1. The van der Waals surface area contributed by atoms with Crippen molar-refractivity contribution in [3.63, 3.8) is 0 Å². The van der Waals surface area contributed by atoms with Crippen molar-refractivity contribution in [2.75, 3.05) is 5.32 Å². The lowest BCUT2D eigenvalue weighted by molar-refractivity contribution is -0.117. The third-order valence-electron chi connectivity index (χ3n) is 2.80. The first-order chi connectivity index (χ1) is 10.6.